The van der Waals surface area contributed by atoms with Crippen molar-refractivity contribution in [1.82, 2.24) is 15.2 Å². The Morgan fingerprint density at radius 2 is 2.16 bits per heavy atom. The molecule has 2 rings (SSSR count). The Morgan fingerprint density at radius 3 is 2.68 bits per heavy atom. The average molecular weight is 435 g/mol. The fourth-order valence-corrected chi connectivity index (χ4v) is 3.37. The Hall–Kier alpha value is -0.440. The number of nitrogens with two attached hydrogens (primary N) is 1. The lowest BCUT2D eigenvalue weighted by Crippen LogP contribution is -2.30. The molecule has 0 aliphatic heterocycles. The van der Waals surface area contributed by atoms with Gasteiger partial charge in [-0.3, -0.25) is 16.0 Å². The highest BCUT2D eigenvalue weighted by Crippen LogP contribution is 2.27. The standard InChI is InChI=1S/C13H16BrIN4/c1-8-13(14)12(19(2)18-8)7-11(17-16)9-5-3-4-6-10(9)15/h3-6,11,17H,7,16H2,1-2H3. The van der Waals surface area contributed by atoms with E-state index in [1.807, 2.05) is 30.8 Å². The van der Waals surface area contributed by atoms with Gasteiger partial charge in [0.25, 0.3) is 0 Å². The minimum atomic E-state index is 0.0687. The van der Waals surface area contributed by atoms with Gasteiger partial charge in [0, 0.05) is 17.0 Å². The summed E-state index contributed by atoms with van der Waals surface area (Å²) in [7, 11) is 1.95. The van der Waals surface area contributed by atoms with Crippen LogP contribution in [0.1, 0.15) is 23.0 Å². The van der Waals surface area contributed by atoms with Crippen LogP contribution in [0, 0.1) is 10.5 Å². The van der Waals surface area contributed by atoms with E-state index >= 15 is 0 Å². The summed E-state index contributed by atoms with van der Waals surface area (Å²) in [6, 6.07) is 8.32. The second-order valence-corrected chi connectivity index (χ2v) is 6.37. The second kappa shape index (κ2) is 6.34. The topological polar surface area (TPSA) is 55.9 Å². The Balaban J connectivity index is 2.32. The summed E-state index contributed by atoms with van der Waals surface area (Å²) in [5, 5.41) is 4.41. The Labute approximate surface area is 135 Å². The van der Waals surface area contributed by atoms with Gasteiger partial charge in [0.15, 0.2) is 0 Å². The normalized spacial score (nSPS) is 12.7. The molecule has 0 bridgehead atoms. The highest BCUT2D eigenvalue weighted by atomic mass is 127. The SMILES string of the molecule is Cc1nn(C)c(CC(NN)c2ccccc2I)c1Br. The summed E-state index contributed by atoms with van der Waals surface area (Å²) < 4.78 is 4.17. The first kappa shape index (κ1) is 15.0. The highest BCUT2D eigenvalue weighted by molar-refractivity contribution is 14.1. The number of halogens is 2. The van der Waals surface area contributed by atoms with Gasteiger partial charge in [-0.05, 0) is 57.1 Å². The van der Waals surface area contributed by atoms with Crippen LogP contribution in [-0.4, -0.2) is 9.78 Å². The number of benzene rings is 1. The number of aryl methyl sites for hydroxylation is 2. The molecule has 0 radical (unpaired) electrons. The molecule has 1 atom stereocenters. The lowest BCUT2D eigenvalue weighted by atomic mass is 10.0. The first-order valence-electron chi connectivity index (χ1n) is 5.93. The summed E-state index contributed by atoms with van der Waals surface area (Å²) in [4.78, 5) is 0. The van der Waals surface area contributed by atoms with Crippen LogP contribution in [0.15, 0.2) is 28.7 Å². The van der Waals surface area contributed by atoms with E-state index in [1.54, 1.807) is 0 Å². The van der Waals surface area contributed by atoms with Crippen molar-refractivity contribution in [2.75, 3.05) is 0 Å². The van der Waals surface area contributed by atoms with Crippen LogP contribution in [-0.2, 0) is 13.5 Å². The summed E-state index contributed by atoms with van der Waals surface area (Å²) in [6.07, 6.45) is 0.786. The number of hydrogen-bond donors (Lipinski definition) is 2. The van der Waals surface area contributed by atoms with E-state index in [1.165, 1.54) is 9.13 Å². The third-order valence-electron chi connectivity index (χ3n) is 3.14. The molecule has 6 heteroatoms. The third-order valence-corrected chi connectivity index (χ3v) is 5.15. The monoisotopic (exact) mass is 434 g/mol. The van der Waals surface area contributed by atoms with Gasteiger partial charge in [0.05, 0.1) is 21.9 Å². The number of nitrogens with zero attached hydrogens (tertiary/aromatic N) is 2. The van der Waals surface area contributed by atoms with Crippen LogP contribution in [0.3, 0.4) is 0 Å². The van der Waals surface area contributed by atoms with E-state index in [0.29, 0.717) is 0 Å². The Morgan fingerprint density at radius 1 is 1.47 bits per heavy atom. The quantitative estimate of drug-likeness (QED) is 0.442. The Bertz CT molecular complexity index is 582. The molecule has 1 aromatic carbocycles. The van der Waals surface area contributed by atoms with Crippen molar-refractivity contribution in [3.8, 4) is 0 Å². The van der Waals surface area contributed by atoms with Gasteiger partial charge in [0.2, 0.25) is 0 Å². The van der Waals surface area contributed by atoms with E-state index in [2.05, 4.69) is 61.2 Å². The molecule has 1 heterocycles. The molecule has 1 aromatic heterocycles. The van der Waals surface area contributed by atoms with Crippen molar-refractivity contribution in [3.05, 3.63) is 49.3 Å². The summed E-state index contributed by atoms with van der Waals surface area (Å²) >= 11 is 5.93. The third kappa shape index (κ3) is 3.18. The molecule has 0 amide bonds. The molecule has 0 spiro atoms. The van der Waals surface area contributed by atoms with Crippen molar-refractivity contribution in [3.63, 3.8) is 0 Å². The first-order valence-corrected chi connectivity index (χ1v) is 7.80. The van der Waals surface area contributed by atoms with Crippen LogP contribution >= 0.6 is 38.5 Å². The van der Waals surface area contributed by atoms with E-state index in [4.69, 9.17) is 5.84 Å². The zero-order chi connectivity index (χ0) is 14.0. The Kier molecular flexibility index (Phi) is 4.99. The zero-order valence-electron chi connectivity index (χ0n) is 10.8. The van der Waals surface area contributed by atoms with Crippen molar-refractivity contribution < 1.29 is 0 Å². The van der Waals surface area contributed by atoms with Crippen molar-refractivity contribution in [2.24, 2.45) is 12.9 Å². The maximum Gasteiger partial charge on any atom is 0.0738 e. The first-order chi connectivity index (χ1) is 9.04. The van der Waals surface area contributed by atoms with Gasteiger partial charge in [0.1, 0.15) is 0 Å². The van der Waals surface area contributed by atoms with E-state index in [9.17, 15) is 0 Å². The fourth-order valence-electron chi connectivity index (χ4n) is 2.11. The fraction of sp³-hybridized carbons (Fsp3) is 0.308. The number of aromatic nitrogens is 2. The number of nitrogens with one attached hydrogen (secondary N) is 1. The molecular weight excluding hydrogens is 419 g/mol. The van der Waals surface area contributed by atoms with Crippen LogP contribution < -0.4 is 11.3 Å². The van der Waals surface area contributed by atoms with Crippen LogP contribution in [0.4, 0.5) is 0 Å². The van der Waals surface area contributed by atoms with E-state index < -0.39 is 0 Å². The predicted octanol–water partition coefficient (Wildman–Crippen LogP) is 2.84. The van der Waals surface area contributed by atoms with Crippen molar-refractivity contribution >= 4 is 38.5 Å². The maximum atomic E-state index is 5.73. The molecule has 4 nitrogen and oxygen atoms in total. The van der Waals surface area contributed by atoms with E-state index in [-0.39, 0.29) is 6.04 Å². The molecule has 3 N–H and O–H groups in total. The minimum absolute atomic E-state index is 0.0687. The summed E-state index contributed by atoms with van der Waals surface area (Å²) in [5.74, 6) is 5.73. The summed E-state index contributed by atoms with van der Waals surface area (Å²) in [5.41, 5.74) is 6.24. The highest BCUT2D eigenvalue weighted by Gasteiger charge is 2.18. The van der Waals surface area contributed by atoms with Crippen molar-refractivity contribution in [2.45, 2.75) is 19.4 Å². The molecular formula is C13H16BrIN4. The van der Waals surface area contributed by atoms with Crippen LogP contribution in [0.5, 0.6) is 0 Å². The van der Waals surface area contributed by atoms with Crippen molar-refractivity contribution in [1.29, 1.82) is 0 Å². The molecule has 102 valence electrons. The van der Waals surface area contributed by atoms with Gasteiger partial charge >= 0.3 is 0 Å². The van der Waals surface area contributed by atoms with Crippen LogP contribution in [0.25, 0.3) is 0 Å². The molecule has 0 aliphatic carbocycles. The summed E-state index contributed by atoms with van der Waals surface area (Å²) in [6.45, 7) is 1.99. The zero-order valence-corrected chi connectivity index (χ0v) is 14.6. The van der Waals surface area contributed by atoms with Gasteiger partial charge < -0.3 is 0 Å². The molecule has 0 saturated heterocycles. The number of hydrogen-bond acceptors (Lipinski definition) is 3. The lowest BCUT2D eigenvalue weighted by molar-refractivity contribution is 0.527. The van der Waals surface area contributed by atoms with Gasteiger partial charge in [-0.1, -0.05) is 18.2 Å². The number of hydrazine groups is 1. The lowest BCUT2D eigenvalue weighted by Gasteiger charge is -2.18. The average Bonchev–Trinajstić information content (AvgIpc) is 2.63. The second-order valence-electron chi connectivity index (χ2n) is 4.41. The largest absolute Gasteiger partial charge is 0.271 e. The maximum absolute atomic E-state index is 5.73. The molecule has 19 heavy (non-hydrogen) atoms. The predicted molar refractivity (Wildman–Crippen MR) is 88.6 cm³/mol. The van der Waals surface area contributed by atoms with Gasteiger partial charge in [-0.2, -0.15) is 5.10 Å². The van der Waals surface area contributed by atoms with Crippen LogP contribution in [0.2, 0.25) is 0 Å². The molecule has 0 fully saturated rings. The molecule has 2 aromatic rings. The number of rotatable bonds is 4. The molecule has 1 unspecified atom stereocenters. The minimum Gasteiger partial charge on any atom is -0.271 e. The molecule has 0 saturated carbocycles. The van der Waals surface area contributed by atoms with Gasteiger partial charge in [-0.15, -0.1) is 0 Å². The van der Waals surface area contributed by atoms with E-state index in [0.717, 1.165) is 22.3 Å². The smallest absolute Gasteiger partial charge is 0.0738 e. The molecule has 0 aliphatic rings. The van der Waals surface area contributed by atoms with Gasteiger partial charge in [-0.25, -0.2) is 0 Å².